The molecule has 0 radical (unpaired) electrons. The molecule has 0 spiro atoms. The minimum Gasteiger partial charge on any atom is -0.426 e. The molecule has 0 N–H and O–H groups in total. The number of rotatable bonds is 0. The average molecular weight is 400 g/mol. The maximum Gasteiger partial charge on any atom is 0.311 e. The molecule has 1 aliphatic rings. The van der Waals surface area contributed by atoms with Crippen molar-refractivity contribution in [2.24, 2.45) is 0 Å². The Kier molecular flexibility index (Phi) is 2.77. The summed E-state index contributed by atoms with van der Waals surface area (Å²) >= 11 is 4.58. The Balaban J connectivity index is 2.53. The van der Waals surface area contributed by atoms with Crippen LogP contribution in [0.5, 0.6) is 5.75 Å². The van der Waals surface area contributed by atoms with E-state index < -0.39 is 0 Å². The van der Waals surface area contributed by atoms with Gasteiger partial charge in [-0.2, -0.15) is 0 Å². The molecule has 0 saturated carbocycles. The number of carbonyl (C=O) groups excluding carboxylic acids is 1. The quantitative estimate of drug-likeness (QED) is 0.381. The van der Waals surface area contributed by atoms with Gasteiger partial charge >= 0.3 is 5.97 Å². The van der Waals surface area contributed by atoms with Crippen LogP contribution >= 0.6 is 45.2 Å². The van der Waals surface area contributed by atoms with E-state index in [4.69, 9.17) is 4.74 Å². The normalized spacial score (nSPS) is 15.1. The molecule has 1 aromatic rings. The fourth-order valence-corrected chi connectivity index (χ4v) is 2.52. The third kappa shape index (κ3) is 1.83. The Morgan fingerprint density at radius 1 is 1.23 bits per heavy atom. The van der Waals surface area contributed by atoms with Gasteiger partial charge < -0.3 is 4.74 Å². The number of halogens is 2. The highest BCUT2D eigenvalue weighted by Gasteiger charge is 2.19. The zero-order valence-electron chi connectivity index (χ0n) is 6.64. The summed E-state index contributed by atoms with van der Waals surface area (Å²) in [5.74, 6) is 0.616. The van der Waals surface area contributed by atoms with Crippen molar-refractivity contribution in [2.75, 3.05) is 0 Å². The van der Waals surface area contributed by atoms with Crippen LogP contribution in [-0.2, 0) is 11.2 Å². The topological polar surface area (TPSA) is 26.3 Å². The van der Waals surface area contributed by atoms with E-state index in [9.17, 15) is 4.79 Å². The Morgan fingerprint density at radius 2 is 2.00 bits per heavy atom. The standard InChI is InChI=1S/C9H6I2O2/c10-6-2-3-7-5(9(6)11)1-4-8(12)13-7/h2-3H,1,4H2. The van der Waals surface area contributed by atoms with Gasteiger partial charge in [-0.05, 0) is 63.7 Å². The smallest absolute Gasteiger partial charge is 0.311 e. The maximum absolute atomic E-state index is 11.0. The van der Waals surface area contributed by atoms with Gasteiger partial charge in [-0.1, -0.05) is 0 Å². The van der Waals surface area contributed by atoms with Crippen LogP contribution in [0.3, 0.4) is 0 Å². The predicted octanol–water partition coefficient (Wildman–Crippen LogP) is 2.75. The largest absolute Gasteiger partial charge is 0.426 e. The van der Waals surface area contributed by atoms with Gasteiger partial charge in [0.05, 0.1) is 6.42 Å². The number of ether oxygens (including phenoxy) is 1. The summed E-state index contributed by atoms with van der Waals surface area (Å²) in [4.78, 5) is 11.0. The molecule has 1 aromatic carbocycles. The fourth-order valence-electron chi connectivity index (χ4n) is 1.30. The van der Waals surface area contributed by atoms with E-state index in [1.54, 1.807) is 0 Å². The van der Waals surface area contributed by atoms with Crippen molar-refractivity contribution in [3.05, 3.63) is 24.8 Å². The van der Waals surface area contributed by atoms with Gasteiger partial charge in [0.1, 0.15) is 5.75 Å². The van der Waals surface area contributed by atoms with Crippen molar-refractivity contribution in [2.45, 2.75) is 12.8 Å². The van der Waals surface area contributed by atoms with Crippen LogP contribution < -0.4 is 4.74 Å². The Morgan fingerprint density at radius 3 is 2.77 bits per heavy atom. The number of hydrogen-bond donors (Lipinski definition) is 0. The molecule has 4 heteroatoms. The second-order valence-electron chi connectivity index (χ2n) is 2.81. The minimum absolute atomic E-state index is 0.121. The molecule has 1 aliphatic heterocycles. The highest BCUT2D eigenvalue weighted by Crippen LogP contribution is 2.32. The van der Waals surface area contributed by atoms with Crippen molar-refractivity contribution in [1.29, 1.82) is 0 Å². The molecule has 0 bridgehead atoms. The second kappa shape index (κ2) is 3.72. The van der Waals surface area contributed by atoms with Crippen LogP contribution in [0.25, 0.3) is 0 Å². The highest BCUT2D eigenvalue weighted by atomic mass is 127. The Hall–Kier alpha value is 0.150. The molecule has 0 unspecified atom stereocenters. The van der Waals surface area contributed by atoms with E-state index in [0.29, 0.717) is 6.42 Å². The van der Waals surface area contributed by atoms with E-state index in [1.165, 1.54) is 12.7 Å². The zero-order chi connectivity index (χ0) is 9.42. The van der Waals surface area contributed by atoms with Gasteiger partial charge in [0, 0.05) is 12.7 Å². The van der Waals surface area contributed by atoms with Crippen LogP contribution in [0.4, 0.5) is 0 Å². The molecule has 0 amide bonds. The summed E-state index contributed by atoms with van der Waals surface area (Å²) in [7, 11) is 0. The van der Waals surface area contributed by atoms with Crippen LogP contribution in [0, 0.1) is 7.14 Å². The van der Waals surface area contributed by atoms with E-state index in [1.807, 2.05) is 12.1 Å². The van der Waals surface area contributed by atoms with Crippen molar-refractivity contribution >= 4 is 51.2 Å². The first kappa shape index (κ1) is 9.70. The molecule has 68 valence electrons. The number of hydrogen-bond acceptors (Lipinski definition) is 2. The molecule has 13 heavy (non-hydrogen) atoms. The summed E-state index contributed by atoms with van der Waals surface area (Å²) in [5, 5.41) is 0. The van der Waals surface area contributed by atoms with Crippen LogP contribution in [0.1, 0.15) is 12.0 Å². The number of benzene rings is 1. The molecular weight excluding hydrogens is 394 g/mol. The first-order valence-corrected chi connectivity index (χ1v) is 6.02. The molecular formula is C9H6I2O2. The summed E-state index contributed by atoms with van der Waals surface area (Å²) < 4.78 is 7.55. The molecule has 0 atom stereocenters. The summed E-state index contributed by atoms with van der Waals surface area (Å²) in [5.41, 5.74) is 1.17. The molecule has 0 fully saturated rings. The lowest BCUT2D eigenvalue weighted by Crippen LogP contribution is -2.16. The van der Waals surface area contributed by atoms with Crippen molar-refractivity contribution in [1.82, 2.24) is 0 Å². The van der Waals surface area contributed by atoms with Crippen LogP contribution in [-0.4, -0.2) is 5.97 Å². The monoisotopic (exact) mass is 400 g/mol. The molecule has 2 nitrogen and oxygen atoms in total. The molecule has 2 rings (SSSR count). The SMILES string of the molecule is O=C1CCc2c(ccc(I)c2I)O1. The molecule has 1 heterocycles. The van der Waals surface area contributed by atoms with Crippen molar-refractivity contribution in [3.8, 4) is 5.75 Å². The van der Waals surface area contributed by atoms with E-state index in [2.05, 4.69) is 45.2 Å². The number of fused-ring (bicyclic) bond motifs is 1. The van der Waals surface area contributed by atoms with Crippen LogP contribution in [0.15, 0.2) is 12.1 Å². The first-order chi connectivity index (χ1) is 6.18. The minimum atomic E-state index is -0.121. The Bertz CT molecular complexity index is 374. The third-order valence-corrected chi connectivity index (χ3v) is 5.12. The maximum atomic E-state index is 11.0. The van der Waals surface area contributed by atoms with Crippen molar-refractivity contribution in [3.63, 3.8) is 0 Å². The summed E-state index contributed by atoms with van der Waals surface area (Å²) in [6.45, 7) is 0. The lowest BCUT2D eigenvalue weighted by Gasteiger charge is -2.17. The predicted molar refractivity (Wildman–Crippen MR) is 65.8 cm³/mol. The van der Waals surface area contributed by atoms with Crippen LogP contribution in [0.2, 0.25) is 0 Å². The third-order valence-electron chi connectivity index (χ3n) is 1.96. The molecule has 0 aliphatic carbocycles. The fraction of sp³-hybridized carbons (Fsp3) is 0.222. The summed E-state index contributed by atoms with van der Waals surface area (Å²) in [6, 6.07) is 3.84. The highest BCUT2D eigenvalue weighted by molar-refractivity contribution is 14.1. The lowest BCUT2D eigenvalue weighted by molar-refractivity contribution is -0.135. The van der Waals surface area contributed by atoms with Crippen molar-refractivity contribution < 1.29 is 9.53 Å². The van der Waals surface area contributed by atoms with Gasteiger partial charge in [0.25, 0.3) is 0 Å². The van der Waals surface area contributed by atoms with Gasteiger partial charge in [-0.15, -0.1) is 0 Å². The lowest BCUT2D eigenvalue weighted by atomic mass is 10.1. The van der Waals surface area contributed by atoms with Gasteiger partial charge in [0.15, 0.2) is 0 Å². The molecule has 0 aromatic heterocycles. The van der Waals surface area contributed by atoms with E-state index in [-0.39, 0.29) is 5.97 Å². The van der Waals surface area contributed by atoms with E-state index in [0.717, 1.165) is 12.2 Å². The number of carbonyl (C=O) groups is 1. The van der Waals surface area contributed by atoms with Gasteiger partial charge in [-0.25, -0.2) is 0 Å². The average Bonchev–Trinajstić information content (AvgIpc) is 2.12. The second-order valence-corrected chi connectivity index (χ2v) is 5.05. The van der Waals surface area contributed by atoms with E-state index >= 15 is 0 Å². The summed E-state index contributed by atoms with van der Waals surface area (Å²) in [6.07, 6.45) is 1.31. The number of esters is 1. The molecule has 0 saturated heterocycles. The first-order valence-electron chi connectivity index (χ1n) is 3.86. The Labute approximate surface area is 103 Å². The zero-order valence-corrected chi connectivity index (χ0v) is 11.0. The van der Waals surface area contributed by atoms with Gasteiger partial charge in [0.2, 0.25) is 0 Å². The van der Waals surface area contributed by atoms with Gasteiger partial charge in [-0.3, -0.25) is 4.79 Å².